The van der Waals surface area contributed by atoms with Crippen LogP contribution in [0.15, 0.2) is 30.1 Å². The number of alkyl halides is 15. The first kappa shape index (κ1) is 43.3. The van der Waals surface area contributed by atoms with E-state index in [1.165, 1.54) is 0 Å². The molecule has 0 spiro atoms. The largest absolute Gasteiger partial charge is 0.508 e. The molecule has 2 N–H and O–H groups in total. The molecule has 0 aliphatic heterocycles. The topological polar surface area (TPSA) is 43.7 Å². The van der Waals surface area contributed by atoms with Gasteiger partial charge in [-0.1, -0.05) is 25.8 Å². The predicted molar refractivity (Wildman–Crippen MR) is 158 cm³/mol. The van der Waals surface area contributed by atoms with Crippen molar-refractivity contribution in [3.05, 3.63) is 41.2 Å². The number of unbranched alkanes of at least 4 members (excludes halogenated alkanes) is 2. The molecule has 53 heavy (non-hydrogen) atoms. The molecule has 304 valence electrons. The van der Waals surface area contributed by atoms with Gasteiger partial charge in [0.05, 0.1) is 6.10 Å². The number of phenols is 1. The molecule has 2 fully saturated rings. The van der Waals surface area contributed by atoms with Crippen LogP contribution in [-0.4, -0.2) is 83.1 Å². The van der Waals surface area contributed by atoms with Crippen LogP contribution in [0, 0.1) is 23.2 Å². The van der Waals surface area contributed by atoms with Crippen molar-refractivity contribution in [1.29, 1.82) is 0 Å². The molecule has 0 heterocycles. The van der Waals surface area contributed by atoms with Gasteiger partial charge in [-0.2, -0.15) is 65.9 Å². The van der Waals surface area contributed by atoms with Crippen molar-refractivity contribution < 1.29 is 80.5 Å². The second-order valence-electron chi connectivity index (χ2n) is 14.9. The highest BCUT2D eigenvalue weighted by Gasteiger charge is 2.93. The molecule has 3 nitrogen and oxygen atoms in total. The van der Waals surface area contributed by atoms with Crippen LogP contribution < -0.4 is 0 Å². The van der Waals surface area contributed by atoms with Crippen molar-refractivity contribution >= 4 is 0 Å². The number of nitrogens with zero attached hydrogens (tertiary/aromatic N) is 1. The fourth-order valence-corrected chi connectivity index (χ4v) is 8.67. The normalized spacial score (nSPS) is 27.8. The average molecular weight is 798 g/mol. The molecule has 0 saturated heterocycles. The monoisotopic (exact) mass is 797 g/mol. The van der Waals surface area contributed by atoms with Crippen LogP contribution in [0.1, 0.15) is 75.3 Å². The molecule has 0 bridgehead atoms. The first-order valence-corrected chi connectivity index (χ1v) is 16.9. The second kappa shape index (κ2) is 14.3. The minimum Gasteiger partial charge on any atom is -0.508 e. The lowest BCUT2D eigenvalue weighted by Crippen LogP contribution is -2.72. The highest BCUT2D eigenvalue weighted by atomic mass is 19.4. The summed E-state index contributed by atoms with van der Waals surface area (Å²) in [5.41, 5.74) is 1.92. The summed E-state index contributed by atoms with van der Waals surface area (Å²) in [6.07, 6.45) is -2.48. The summed E-state index contributed by atoms with van der Waals surface area (Å²) >= 11 is 0. The summed E-state index contributed by atoms with van der Waals surface area (Å²) in [5.74, 6) is -50.7. The summed E-state index contributed by atoms with van der Waals surface area (Å²) < 4.78 is 216. The molecule has 0 aromatic heterocycles. The van der Waals surface area contributed by atoms with Gasteiger partial charge < -0.3 is 15.1 Å². The van der Waals surface area contributed by atoms with Crippen molar-refractivity contribution in [2.45, 2.75) is 118 Å². The van der Waals surface area contributed by atoms with E-state index in [0.717, 1.165) is 48.8 Å². The lowest BCUT2D eigenvalue weighted by Gasteiger charge is -2.54. The van der Waals surface area contributed by atoms with Gasteiger partial charge >= 0.3 is 41.7 Å². The Balaban J connectivity index is 1.37. The van der Waals surface area contributed by atoms with Gasteiger partial charge in [0.2, 0.25) is 0 Å². The van der Waals surface area contributed by atoms with E-state index >= 15 is 0 Å². The number of rotatable bonds is 14. The molecular formula is C34H39F16NO2. The fourth-order valence-electron chi connectivity index (χ4n) is 8.67. The zero-order valence-electron chi connectivity index (χ0n) is 28.4. The van der Waals surface area contributed by atoms with Crippen LogP contribution in [-0.2, 0) is 6.42 Å². The highest BCUT2D eigenvalue weighted by molar-refractivity contribution is 5.40. The van der Waals surface area contributed by atoms with E-state index in [1.807, 2.05) is 6.07 Å². The number of aliphatic hydroxyl groups excluding tert-OH is 1. The molecule has 6 atom stereocenters. The Bertz CT molecular complexity index is 1500. The van der Waals surface area contributed by atoms with Gasteiger partial charge in [0.25, 0.3) is 0 Å². The van der Waals surface area contributed by atoms with Crippen molar-refractivity contribution in [2.24, 2.45) is 23.2 Å². The molecular weight excluding hydrogens is 758 g/mol. The van der Waals surface area contributed by atoms with Gasteiger partial charge in [-0.25, -0.2) is 4.39 Å². The first-order valence-electron chi connectivity index (χ1n) is 16.9. The van der Waals surface area contributed by atoms with Crippen molar-refractivity contribution in [3.63, 3.8) is 0 Å². The van der Waals surface area contributed by atoms with Gasteiger partial charge in [0, 0.05) is 6.54 Å². The van der Waals surface area contributed by atoms with Crippen LogP contribution >= 0.6 is 0 Å². The number of phenolic OH excluding ortho intramolecular Hbond substituents is 1. The van der Waals surface area contributed by atoms with Gasteiger partial charge in [-0.05, 0) is 117 Å². The maximum absolute atomic E-state index is 14.2. The summed E-state index contributed by atoms with van der Waals surface area (Å²) in [4.78, 5) is 1.03. The van der Waals surface area contributed by atoms with E-state index in [4.69, 9.17) is 0 Å². The maximum Gasteiger partial charge on any atom is 0.460 e. The second-order valence-corrected chi connectivity index (χ2v) is 14.9. The molecule has 1 aromatic carbocycles. The van der Waals surface area contributed by atoms with E-state index in [9.17, 15) is 80.5 Å². The Hall–Kier alpha value is -2.44. The smallest absolute Gasteiger partial charge is 0.460 e. The van der Waals surface area contributed by atoms with Gasteiger partial charge in [-0.15, -0.1) is 0 Å². The van der Waals surface area contributed by atoms with Crippen LogP contribution in [0.25, 0.3) is 0 Å². The minimum atomic E-state index is -8.47. The van der Waals surface area contributed by atoms with E-state index < -0.39 is 66.3 Å². The highest BCUT2D eigenvalue weighted by Crippen LogP contribution is 2.65. The Kier molecular flexibility index (Phi) is 11.6. The molecule has 4 rings (SSSR count). The van der Waals surface area contributed by atoms with Gasteiger partial charge in [0.15, 0.2) is 5.83 Å². The van der Waals surface area contributed by atoms with Crippen LogP contribution in [0.2, 0.25) is 0 Å². The van der Waals surface area contributed by atoms with Crippen LogP contribution in [0.5, 0.6) is 5.75 Å². The van der Waals surface area contributed by atoms with Crippen molar-refractivity contribution in [3.8, 4) is 5.75 Å². The quantitative estimate of drug-likeness (QED) is 0.146. The molecule has 3 aliphatic rings. The lowest BCUT2D eigenvalue weighted by atomic mass is 9.51. The van der Waals surface area contributed by atoms with E-state index in [-0.39, 0.29) is 29.5 Å². The predicted octanol–water partition coefficient (Wildman–Crippen LogP) is 10.6. The lowest BCUT2D eigenvalue weighted by molar-refractivity contribution is -0.450. The third-order valence-electron chi connectivity index (χ3n) is 11.6. The molecule has 0 radical (unpaired) electrons. The standard InChI is InChI=1S/C34H39F16NO2/c1-27-17-19(26-21-10-8-20(52)16-18(21)7-9-22(26)23(27)11-12-25(27)53)6-4-3-5-14-51(2)15-13-24(35)28(36,37)29(38,39)30(40,41)31(42,43)32(44,45)33(46,47)34(48,49)50/h8,10,13,16,19,22-23,25-26,52-53H,3-7,9,11-12,14-15,17H2,1-2H3/t19-,22-,23-,25-,26+,27-/m0/s1. The van der Waals surface area contributed by atoms with Gasteiger partial charge in [-0.3, -0.25) is 0 Å². The summed E-state index contributed by atoms with van der Waals surface area (Å²) in [6, 6.07) is 5.32. The zero-order valence-corrected chi connectivity index (χ0v) is 28.4. The third kappa shape index (κ3) is 7.00. The molecule has 0 amide bonds. The zero-order chi connectivity index (χ0) is 40.4. The number of benzene rings is 1. The van der Waals surface area contributed by atoms with Crippen molar-refractivity contribution in [2.75, 3.05) is 20.1 Å². The number of fused-ring (bicyclic) bond motifs is 5. The van der Waals surface area contributed by atoms with Crippen LogP contribution in [0.3, 0.4) is 0 Å². The van der Waals surface area contributed by atoms with E-state index in [0.29, 0.717) is 43.9 Å². The Morgan fingerprint density at radius 1 is 0.811 bits per heavy atom. The number of aliphatic hydroxyl groups is 1. The Labute approximate surface area is 294 Å². The Morgan fingerprint density at radius 2 is 1.40 bits per heavy atom. The van der Waals surface area contributed by atoms with E-state index in [1.54, 1.807) is 12.1 Å². The Morgan fingerprint density at radius 3 is 2.00 bits per heavy atom. The average Bonchev–Trinajstić information content (AvgIpc) is 3.35. The molecule has 2 saturated carbocycles. The van der Waals surface area contributed by atoms with Gasteiger partial charge in [0.1, 0.15) is 5.75 Å². The SMILES string of the molecule is CN(CC=C(F)C(F)(F)C(F)(F)C(F)(F)C(F)(F)C(F)(F)C(F)(F)C(F)(F)F)CCCCC[C@H]1C[C@]2(C)[C@@H](O)CC[C@H]2[C@@H]2CCc3cc(O)ccc3[C@@H]12. The molecule has 3 aliphatic carbocycles. The first-order chi connectivity index (χ1) is 24.0. The number of hydrogen-bond acceptors (Lipinski definition) is 3. The summed E-state index contributed by atoms with van der Waals surface area (Å²) in [5, 5.41) is 20.9. The van der Waals surface area contributed by atoms with E-state index in [2.05, 4.69) is 6.92 Å². The number of hydrogen-bond donors (Lipinski definition) is 2. The summed E-state index contributed by atoms with van der Waals surface area (Å²) in [6.45, 7) is 1.02. The minimum absolute atomic E-state index is 0.0317. The number of allylic oxidation sites excluding steroid dienone is 1. The maximum atomic E-state index is 14.2. The number of aromatic hydroxyl groups is 1. The fraction of sp³-hybridized carbons (Fsp3) is 0.765. The number of halogens is 16. The number of likely N-dealkylation sites (N-methyl/N-ethyl adjacent to an activating group) is 1. The summed E-state index contributed by atoms with van der Waals surface area (Å²) in [7, 11) is 1.14. The molecule has 19 heteroatoms. The molecule has 0 unspecified atom stereocenters. The number of aryl methyl sites for hydroxylation is 1. The molecule has 1 aromatic rings. The van der Waals surface area contributed by atoms with Crippen molar-refractivity contribution in [1.82, 2.24) is 4.90 Å². The third-order valence-corrected chi connectivity index (χ3v) is 11.6. The van der Waals surface area contributed by atoms with Crippen LogP contribution in [0.4, 0.5) is 70.2 Å².